The van der Waals surface area contributed by atoms with Crippen LogP contribution in [0.1, 0.15) is 30.3 Å². The third-order valence-corrected chi connectivity index (χ3v) is 4.67. The second-order valence-electron chi connectivity index (χ2n) is 5.98. The SMILES string of the molecule is CC(C)C(NC(=O)/C=C/c1cccs1)c1ccc2c(c1)OCCO2. The number of amides is 1. The van der Waals surface area contributed by atoms with E-state index in [1.165, 1.54) is 0 Å². The molecule has 0 radical (unpaired) electrons. The van der Waals surface area contributed by atoms with Crippen LogP contribution in [0.3, 0.4) is 0 Å². The van der Waals surface area contributed by atoms with Crippen LogP contribution in [0, 0.1) is 5.92 Å². The van der Waals surface area contributed by atoms with E-state index in [2.05, 4.69) is 19.2 Å². The molecule has 0 fully saturated rings. The Morgan fingerprint density at radius 2 is 2.00 bits per heavy atom. The lowest BCUT2D eigenvalue weighted by molar-refractivity contribution is -0.117. The molecule has 2 aromatic rings. The summed E-state index contributed by atoms with van der Waals surface area (Å²) < 4.78 is 11.2. The van der Waals surface area contributed by atoms with E-state index in [9.17, 15) is 4.79 Å². The van der Waals surface area contributed by atoms with Crippen LogP contribution in [0.15, 0.2) is 41.8 Å². The van der Waals surface area contributed by atoms with Crippen LogP contribution < -0.4 is 14.8 Å². The van der Waals surface area contributed by atoms with Crippen LogP contribution >= 0.6 is 11.3 Å². The zero-order valence-corrected chi connectivity index (χ0v) is 14.6. The highest BCUT2D eigenvalue weighted by Crippen LogP contribution is 2.34. The zero-order valence-electron chi connectivity index (χ0n) is 13.8. The molecule has 1 aliphatic heterocycles. The van der Waals surface area contributed by atoms with Crippen molar-refractivity contribution < 1.29 is 14.3 Å². The quantitative estimate of drug-likeness (QED) is 0.833. The molecule has 1 N–H and O–H groups in total. The fourth-order valence-corrected chi connectivity index (χ4v) is 3.25. The first-order chi connectivity index (χ1) is 11.6. The molecule has 1 amide bonds. The van der Waals surface area contributed by atoms with Gasteiger partial charge in [0.15, 0.2) is 11.5 Å². The number of ether oxygens (including phenoxy) is 2. The maximum absolute atomic E-state index is 12.3. The average Bonchev–Trinajstić information content (AvgIpc) is 3.10. The zero-order chi connectivity index (χ0) is 16.9. The standard InChI is InChI=1S/C19H21NO3S/c1-13(2)19(20-18(21)8-6-15-4-3-11-24-15)14-5-7-16-17(12-14)23-10-9-22-16/h3-8,11-13,19H,9-10H2,1-2H3,(H,20,21)/b8-6+. The summed E-state index contributed by atoms with van der Waals surface area (Å²) in [6.07, 6.45) is 3.42. The van der Waals surface area contributed by atoms with Crippen molar-refractivity contribution in [3.05, 3.63) is 52.2 Å². The Balaban J connectivity index is 1.73. The molecule has 4 nitrogen and oxygen atoms in total. The minimum absolute atomic E-state index is 0.0821. The number of thiophene rings is 1. The molecule has 1 atom stereocenters. The minimum Gasteiger partial charge on any atom is -0.486 e. The summed E-state index contributed by atoms with van der Waals surface area (Å²) in [5, 5.41) is 5.07. The first-order valence-corrected chi connectivity index (χ1v) is 8.93. The number of carbonyl (C=O) groups excluding carboxylic acids is 1. The maximum atomic E-state index is 12.3. The van der Waals surface area contributed by atoms with E-state index in [4.69, 9.17) is 9.47 Å². The molecule has 0 saturated heterocycles. The van der Waals surface area contributed by atoms with E-state index >= 15 is 0 Å². The van der Waals surface area contributed by atoms with Crippen molar-refractivity contribution in [2.24, 2.45) is 5.92 Å². The van der Waals surface area contributed by atoms with Crippen LogP contribution in [0.2, 0.25) is 0 Å². The van der Waals surface area contributed by atoms with Crippen molar-refractivity contribution >= 4 is 23.3 Å². The van der Waals surface area contributed by atoms with Gasteiger partial charge in [0, 0.05) is 11.0 Å². The molecule has 1 aliphatic rings. The summed E-state index contributed by atoms with van der Waals surface area (Å²) in [6.45, 7) is 5.30. The Morgan fingerprint density at radius 1 is 1.21 bits per heavy atom. The molecule has 0 aliphatic carbocycles. The first kappa shape index (κ1) is 16.6. The summed E-state index contributed by atoms with van der Waals surface area (Å²) in [6, 6.07) is 9.72. The topological polar surface area (TPSA) is 47.6 Å². The van der Waals surface area contributed by atoms with Gasteiger partial charge < -0.3 is 14.8 Å². The molecule has 2 heterocycles. The molecule has 24 heavy (non-hydrogen) atoms. The smallest absolute Gasteiger partial charge is 0.244 e. The summed E-state index contributed by atoms with van der Waals surface area (Å²) in [5.74, 6) is 1.66. The molecular weight excluding hydrogens is 322 g/mol. The third kappa shape index (κ3) is 3.97. The lowest BCUT2D eigenvalue weighted by Gasteiger charge is -2.25. The number of hydrogen-bond acceptors (Lipinski definition) is 4. The van der Waals surface area contributed by atoms with Crippen LogP contribution in [-0.2, 0) is 4.79 Å². The van der Waals surface area contributed by atoms with Crippen molar-refractivity contribution in [1.82, 2.24) is 5.32 Å². The van der Waals surface area contributed by atoms with Gasteiger partial charge in [-0.3, -0.25) is 4.79 Å². The second kappa shape index (κ2) is 7.53. The largest absolute Gasteiger partial charge is 0.486 e. The second-order valence-corrected chi connectivity index (χ2v) is 6.96. The molecule has 0 spiro atoms. The van der Waals surface area contributed by atoms with Gasteiger partial charge in [-0.05, 0) is 41.1 Å². The molecule has 126 valence electrons. The van der Waals surface area contributed by atoms with Gasteiger partial charge in [-0.25, -0.2) is 0 Å². The minimum atomic E-state index is -0.100. The van der Waals surface area contributed by atoms with Gasteiger partial charge >= 0.3 is 0 Å². The van der Waals surface area contributed by atoms with E-state index in [0.717, 1.165) is 21.9 Å². The number of hydrogen-bond donors (Lipinski definition) is 1. The predicted octanol–water partition coefficient (Wildman–Crippen LogP) is 4.05. The van der Waals surface area contributed by atoms with Crippen molar-refractivity contribution in [2.75, 3.05) is 13.2 Å². The van der Waals surface area contributed by atoms with Crippen molar-refractivity contribution in [2.45, 2.75) is 19.9 Å². The van der Waals surface area contributed by atoms with Crippen LogP contribution in [0.4, 0.5) is 0 Å². The monoisotopic (exact) mass is 343 g/mol. The number of nitrogens with one attached hydrogen (secondary N) is 1. The molecule has 3 rings (SSSR count). The van der Waals surface area contributed by atoms with Gasteiger partial charge in [0.25, 0.3) is 0 Å². The van der Waals surface area contributed by atoms with Crippen molar-refractivity contribution in [1.29, 1.82) is 0 Å². The van der Waals surface area contributed by atoms with Gasteiger partial charge in [0.2, 0.25) is 5.91 Å². The molecule has 0 bridgehead atoms. The first-order valence-electron chi connectivity index (χ1n) is 8.05. The number of carbonyl (C=O) groups is 1. The molecule has 5 heteroatoms. The highest BCUT2D eigenvalue weighted by atomic mass is 32.1. The number of fused-ring (bicyclic) bond motifs is 1. The van der Waals surface area contributed by atoms with E-state index in [-0.39, 0.29) is 17.9 Å². The van der Waals surface area contributed by atoms with Gasteiger partial charge in [0.05, 0.1) is 6.04 Å². The van der Waals surface area contributed by atoms with Gasteiger partial charge in [-0.15, -0.1) is 11.3 Å². The lowest BCUT2D eigenvalue weighted by atomic mass is 9.95. The van der Waals surface area contributed by atoms with Gasteiger partial charge in [0.1, 0.15) is 13.2 Å². The highest BCUT2D eigenvalue weighted by Gasteiger charge is 2.20. The van der Waals surface area contributed by atoms with Gasteiger partial charge in [-0.2, -0.15) is 0 Å². The average molecular weight is 343 g/mol. The van der Waals surface area contributed by atoms with E-state index < -0.39 is 0 Å². The van der Waals surface area contributed by atoms with E-state index in [1.54, 1.807) is 17.4 Å². The Kier molecular flexibility index (Phi) is 5.20. The molecule has 0 saturated carbocycles. The number of benzene rings is 1. The summed E-state index contributed by atoms with van der Waals surface area (Å²) in [4.78, 5) is 13.3. The molecule has 1 unspecified atom stereocenters. The fourth-order valence-electron chi connectivity index (χ4n) is 2.63. The molecule has 1 aromatic carbocycles. The Labute approximate surface area is 146 Å². The third-order valence-electron chi connectivity index (χ3n) is 3.83. The molecule has 1 aromatic heterocycles. The Morgan fingerprint density at radius 3 is 2.71 bits per heavy atom. The summed E-state index contributed by atoms with van der Waals surface area (Å²) in [5.41, 5.74) is 1.02. The van der Waals surface area contributed by atoms with Crippen LogP contribution in [-0.4, -0.2) is 19.1 Å². The molecular formula is C19H21NO3S. The van der Waals surface area contributed by atoms with Crippen LogP contribution in [0.25, 0.3) is 6.08 Å². The van der Waals surface area contributed by atoms with E-state index in [1.807, 2.05) is 41.8 Å². The van der Waals surface area contributed by atoms with Crippen LogP contribution in [0.5, 0.6) is 11.5 Å². The number of rotatable bonds is 5. The Hall–Kier alpha value is -2.27. The summed E-state index contributed by atoms with van der Waals surface area (Å²) in [7, 11) is 0. The lowest BCUT2D eigenvalue weighted by Crippen LogP contribution is -2.30. The Bertz CT molecular complexity index is 722. The fraction of sp³-hybridized carbons (Fsp3) is 0.316. The van der Waals surface area contributed by atoms with Gasteiger partial charge in [-0.1, -0.05) is 26.0 Å². The van der Waals surface area contributed by atoms with E-state index in [0.29, 0.717) is 13.2 Å². The van der Waals surface area contributed by atoms with Crippen molar-refractivity contribution in [3.63, 3.8) is 0 Å². The summed E-state index contributed by atoms with van der Waals surface area (Å²) >= 11 is 1.60. The predicted molar refractivity (Wildman–Crippen MR) is 96.5 cm³/mol. The highest BCUT2D eigenvalue weighted by molar-refractivity contribution is 7.10. The normalized spacial score (nSPS) is 14.8. The van der Waals surface area contributed by atoms with Crippen molar-refractivity contribution in [3.8, 4) is 11.5 Å². The maximum Gasteiger partial charge on any atom is 0.244 e.